The van der Waals surface area contributed by atoms with Crippen molar-refractivity contribution in [3.05, 3.63) is 112 Å². The maximum absolute atomic E-state index is 14.2. The summed E-state index contributed by atoms with van der Waals surface area (Å²) < 4.78 is 20.9. The Balaban J connectivity index is 1.67. The number of carbonyl (C=O) groups is 1. The Labute approximate surface area is 263 Å². The highest BCUT2D eigenvalue weighted by molar-refractivity contribution is 7.07. The maximum Gasteiger partial charge on any atom is 0.338 e. The van der Waals surface area contributed by atoms with Gasteiger partial charge in [-0.15, -0.1) is 0 Å². The minimum Gasteiger partial charge on any atom is -0.493 e. The standard InChI is InChI=1S/C33H34N4O7S/c1-8-43-32(39)29-20(5)34-33-36(30(29)22-9-14-26(44-18(2)3)27(16-22)42-7)31(38)28(45-33)17-23-15-19(4)35(21(23)6)24-10-12-25(13-11-24)37(40)41/h9-18,30H,8H2,1-7H3/b28-17+/t30-/m1/s1. The topological polar surface area (TPSA) is 127 Å². The number of ether oxygens (including phenoxy) is 3. The molecule has 0 unspecified atom stereocenters. The lowest BCUT2D eigenvalue weighted by Gasteiger charge is -2.25. The van der Waals surface area contributed by atoms with Gasteiger partial charge in [-0.05, 0) is 89.1 Å². The third kappa shape index (κ3) is 5.93. The van der Waals surface area contributed by atoms with Crippen molar-refractivity contribution in [2.75, 3.05) is 13.7 Å². The molecule has 0 aliphatic carbocycles. The first kappa shape index (κ1) is 31.5. The second kappa shape index (κ2) is 12.6. The summed E-state index contributed by atoms with van der Waals surface area (Å²) in [7, 11) is 1.54. The van der Waals surface area contributed by atoms with E-state index in [9.17, 15) is 19.7 Å². The van der Waals surface area contributed by atoms with Gasteiger partial charge in [-0.25, -0.2) is 9.79 Å². The zero-order valence-electron chi connectivity index (χ0n) is 26.1. The fraction of sp³-hybridized carbons (Fsp3) is 0.303. The first-order valence-corrected chi connectivity index (χ1v) is 15.2. The van der Waals surface area contributed by atoms with Gasteiger partial charge >= 0.3 is 5.97 Å². The van der Waals surface area contributed by atoms with E-state index in [0.717, 1.165) is 22.6 Å². The molecule has 12 heteroatoms. The van der Waals surface area contributed by atoms with Gasteiger partial charge in [0.25, 0.3) is 11.2 Å². The van der Waals surface area contributed by atoms with E-state index in [-0.39, 0.29) is 29.5 Å². The van der Waals surface area contributed by atoms with Gasteiger partial charge in [0.05, 0.1) is 46.6 Å². The lowest BCUT2D eigenvalue weighted by atomic mass is 9.95. The molecule has 11 nitrogen and oxygen atoms in total. The van der Waals surface area contributed by atoms with Crippen LogP contribution in [0.15, 0.2) is 69.6 Å². The molecule has 0 saturated heterocycles. The van der Waals surface area contributed by atoms with Crippen molar-refractivity contribution in [2.24, 2.45) is 4.99 Å². The molecule has 1 atom stereocenters. The molecule has 0 fully saturated rings. The summed E-state index contributed by atoms with van der Waals surface area (Å²) in [5.74, 6) is 0.469. The summed E-state index contributed by atoms with van der Waals surface area (Å²) >= 11 is 1.23. The molecule has 2 aromatic carbocycles. The highest BCUT2D eigenvalue weighted by Gasteiger charge is 2.34. The smallest absolute Gasteiger partial charge is 0.338 e. The van der Waals surface area contributed by atoms with E-state index >= 15 is 0 Å². The molecule has 0 N–H and O–H groups in total. The minimum atomic E-state index is -0.808. The highest BCUT2D eigenvalue weighted by atomic mass is 32.1. The van der Waals surface area contributed by atoms with Crippen molar-refractivity contribution in [2.45, 2.75) is 53.7 Å². The molecule has 234 valence electrons. The van der Waals surface area contributed by atoms with Crippen LogP contribution in [0.2, 0.25) is 0 Å². The number of aromatic nitrogens is 2. The number of thiazole rings is 1. The van der Waals surface area contributed by atoms with Crippen LogP contribution in [0.4, 0.5) is 5.69 Å². The lowest BCUT2D eigenvalue weighted by Crippen LogP contribution is -2.40. The number of rotatable bonds is 9. The second-order valence-electron chi connectivity index (χ2n) is 10.8. The average molecular weight is 631 g/mol. The Morgan fingerprint density at radius 2 is 1.82 bits per heavy atom. The van der Waals surface area contributed by atoms with Crippen molar-refractivity contribution in [3.63, 3.8) is 0 Å². The summed E-state index contributed by atoms with van der Waals surface area (Å²) in [4.78, 5) is 43.3. The Morgan fingerprint density at radius 1 is 1.11 bits per heavy atom. The number of methoxy groups -OCH3 is 1. The van der Waals surface area contributed by atoms with Crippen LogP contribution in [0.5, 0.6) is 11.5 Å². The number of nitro benzene ring substituents is 1. The number of hydrogen-bond donors (Lipinski definition) is 0. The largest absolute Gasteiger partial charge is 0.493 e. The number of esters is 1. The summed E-state index contributed by atoms with van der Waals surface area (Å²) in [5, 5.41) is 11.1. The van der Waals surface area contributed by atoms with Crippen LogP contribution in [0.3, 0.4) is 0 Å². The Hall–Kier alpha value is -4.97. The molecule has 5 rings (SSSR count). The fourth-order valence-electron chi connectivity index (χ4n) is 5.51. The molecule has 1 aliphatic rings. The van der Waals surface area contributed by atoms with E-state index in [2.05, 4.69) is 4.99 Å². The predicted octanol–water partition coefficient (Wildman–Crippen LogP) is 4.91. The van der Waals surface area contributed by atoms with E-state index in [4.69, 9.17) is 14.2 Å². The van der Waals surface area contributed by atoms with E-state index in [1.54, 1.807) is 38.1 Å². The molecule has 1 aliphatic heterocycles. The summed E-state index contributed by atoms with van der Waals surface area (Å²) in [6, 6.07) is 12.8. The third-order valence-corrected chi connectivity index (χ3v) is 8.44. The normalized spacial score (nSPS) is 14.8. The van der Waals surface area contributed by atoms with Gasteiger partial charge in [-0.2, -0.15) is 0 Å². The fourth-order valence-corrected chi connectivity index (χ4v) is 6.55. The number of hydrogen-bond acceptors (Lipinski definition) is 9. The summed E-state index contributed by atoms with van der Waals surface area (Å²) in [6.45, 7) is 11.3. The van der Waals surface area contributed by atoms with Gasteiger partial charge in [0.1, 0.15) is 0 Å². The van der Waals surface area contributed by atoms with Crippen LogP contribution in [0.25, 0.3) is 11.8 Å². The first-order chi connectivity index (χ1) is 21.4. The van der Waals surface area contributed by atoms with E-state index in [0.29, 0.717) is 32.1 Å². The Morgan fingerprint density at radius 3 is 2.44 bits per heavy atom. The third-order valence-electron chi connectivity index (χ3n) is 7.46. The number of nitrogens with zero attached hydrogens (tertiary/aromatic N) is 4. The zero-order valence-corrected chi connectivity index (χ0v) is 26.9. The van der Waals surface area contributed by atoms with Gasteiger partial charge in [0.15, 0.2) is 16.3 Å². The number of carbonyl (C=O) groups excluding carboxylic acids is 1. The van der Waals surface area contributed by atoms with Crippen LogP contribution >= 0.6 is 11.3 Å². The Kier molecular flexibility index (Phi) is 8.78. The molecule has 2 aromatic heterocycles. The van der Waals surface area contributed by atoms with E-state index in [1.165, 1.54) is 35.1 Å². The first-order valence-electron chi connectivity index (χ1n) is 14.4. The molecular weight excluding hydrogens is 596 g/mol. The SMILES string of the molecule is CCOC(=O)C1=C(C)N=c2s/c(=C/c3cc(C)n(-c4ccc([N+](=O)[O-])cc4)c3C)c(=O)n2[C@@H]1c1ccc(OC(C)C)c(OC)c1. The molecule has 0 radical (unpaired) electrons. The van der Waals surface area contributed by atoms with E-state index < -0.39 is 16.9 Å². The van der Waals surface area contributed by atoms with Crippen LogP contribution in [-0.2, 0) is 9.53 Å². The van der Waals surface area contributed by atoms with Crippen LogP contribution < -0.4 is 24.4 Å². The minimum absolute atomic E-state index is 0.00860. The van der Waals surface area contributed by atoms with Crippen molar-refractivity contribution in [3.8, 4) is 17.2 Å². The summed E-state index contributed by atoms with van der Waals surface area (Å²) in [6.07, 6.45) is 1.73. The number of non-ortho nitro benzene ring substituents is 1. The number of fused-ring (bicyclic) bond motifs is 1. The van der Waals surface area contributed by atoms with Crippen LogP contribution in [0.1, 0.15) is 56.3 Å². The molecule has 0 spiro atoms. The van der Waals surface area contributed by atoms with Crippen molar-refractivity contribution >= 4 is 29.1 Å². The molecule has 0 bridgehead atoms. The predicted molar refractivity (Wildman–Crippen MR) is 171 cm³/mol. The molecule has 45 heavy (non-hydrogen) atoms. The number of aryl methyl sites for hydroxylation is 1. The van der Waals surface area contributed by atoms with Gasteiger partial charge in [0.2, 0.25) is 0 Å². The maximum atomic E-state index is 14.2. The average Bonchev–Trinajstić information content (AvgIpc) is 3.45. The van der Waals surface area contributed by atoms with Crippen molar-refractivity contribution < 1.29 is 23.9 Å². The van der Waals surface area contributed by atoms with Crippen LogP contribution in [0, 0.1) is 24.0 Å². The van der Waals surface area contributed by atoms with Gasteiger partial charge in [-0.1, -0.05) is 17.4 Å². The Bertz CT molecular complexity index is 2020. The molecule has 0 saturated carbocycles. The number of nitro groups is 1. The zero-order chi connectivity index (χ0) is 32.6. The lowest BCUT2D eigenvalue weighted by molar-refractivity contribution is -0.384. The molecule has 3 heterocycles. The monoisotopic (exact) mass is 630 g/mol. The van der Waals surface area contributed by atoms with Gasteiger partial charge in [0, 0.05) is 29.2 Å². The molecule has 4 aromatic rings. The van der Waals surface area contributed by atoms with Crippen molar-refractivity contribution in [1.29, 1.82) is 0 Å². The van der Waals surface area contributed by atoms with Crippen LogP contribution in [-0.4, -0.2) is 39.8 Å². The van der Waals surface area contributed by atoms with E-state index in [1.807, 2.05) is 50.5 Å². The second-order valence-corrected chi connectivity index (χ2v) is 11.8. The highest BCUT2D eigenvalue weighted by Crippen LogP contribution is 2.36. The molecule has 0 amide bonds. The van der Waals surface area contributed by atoms with Gasteiger partial charge < -0.3 is 18.8 Å². The quantitative estimate of drug-likeness (QED) is 0.146. The number of benzene rings is 2. The number of allylic oxidation sites excluding steroid dienone is 1. The van der Waals surface area contributed by atoms with Crippen molar-refractivity contribution in [1.82, 2.24) is 9.13 Å². The summed E-state index contributed by atoms with van der Waals surface area (Å²) in [5.41, 5.74) is 4.41. The van der Waals surface area contributed by atoms with Gasteiger partial charge in [-0.3, -0.25) is 19.5 Å². The molecular formula is C33H34N4O7S.